The molecule has 18 heavy (non-hydrogen) atoms. The molecule has 0 aliphatic heterocycles. The molecule has 0 radical (unpaired) electrons. The van der Waals surface area contributed by atoms with Crippen LogP contribution in [0.5, 0.6) is 0 Å². The number of rotatable bonds is 4. The number of hydrogen-bond donors (Lipinski definition) is 2. The summed E-state index contributed by atoms with van der Waals surface area (Å²) in [6, 6.07) is 5.00. The van der Waals surface area contributed by atoms with Crippen LogP contribution in [0.2, 0.25) is 10.0 Å². The molecule has 0 fully saturated rings. The van der Waals surface area contributed by atoms with Crippen LogP contribution in [0.3, 0.4) is 0 Å². The fourth-order valence-corrected chi connectivity index (χ4v) is 1.64. The molecule has 1 aromatic carbocycles. The van der Waals surface area contributed by atoms with E-state index in [4.69, 9.17) is 34.1 Å². The predicted octanol–water partition coefficient (Wildman–Crippen LogP) is 1.74. The normalized spacial score (nSPS) is 11.4. The smallest absolute Gasteiger partial charge is 0.227 e. The highest BCUT2D eigenvalue weighted by Crippen LogP contribution is 2.22. The fourth-order valence-electron chi connectivity index (χ4n) is 1.32. The summed E-state index contributed by atoms with van der Waals surface area (Å²) in [6.45, 7) is 0.0661. The van der Waals surface area contributed by atoms with Crippen molar-refractivity contribution in [2.75, 3.05) is 13.6 Å². The second kappa shape index (κ2) is 6.47. The Labute approximate surface area is 115 Å². The maximum atomic E-state index is 11.8. The third-order valence-corrected chi connectivity index (χ3v) is 3.03. The quantitative estimate of drug-likeness (QED) is 0.384. The molecule has 0 aliphatic carbocycles. The molecule has 0 unspecified atom stereocenters. The minimum absolute atomic E-state index is 0.0278. The lowest BCUT2D eigenvalue weighted by atomic mass is 10.1. The summed E-state index contributed by atoms with van der Waals surface area (Å²) >= 11 is 11.6. The number of carbonyl (C=O) groups is 1. The summed E-state index contributed by atoms with van der Waals surface area (Å²) in [5.41, 5.74) is 6.07. The molecule has 0 bridgehead atoms. The Morgan fingerprint density at radius 1 is 1.44 bits per heavy atom. The summed E-state index contributed by atoms with van der Waals surface area (Å²) in [5, 5.41) is 12.1. The lowest BCUT2D eigenvalue weighted by molar-refractivity contribution is -0.128. The first-order chi connectivity index (χ1) is 8.43. The molecule has 0 atom stereocenters. The Morgan fingerprint density at radius 3 is 2.67 bits per heavy atom. The second-order valence-corrected chi connectivity index (χ2v) is 4.58. The van der Waals surface area contributed by atoms with E-state index in [2.05, 4.69) is 5.16 Å². The fraction of sp³-hybridized carbons (Fsp3) is 0.273. The van der Waals surface area contributed by atoms with Gasteiger partial charge in [0.25, 0.3) is 0 Å². The van der Waals surface area contributed by atoms with E-state index in [0.29, 0.717) is 10.0 Å². The van der Waals surface area contributed by atoms with Gasteiger partial charge in [-0.2, -0.15) is 0 Å². The Kier molecular flexibility index (Phi) is 5.25. The van der Waals surface area contributed by atoms with Crippen LogP contribution in [0.1, 0.15) is 5.56 Å². The van der Waals surface area contributed by atoms with E-state index in [1.807, 2.05) is 0 Å². The molecule has 5 nitrogen and oxygen atoms in total. The van der Waals surface area contributed by atoms with E-state index in [-0.39, 0.29) is 24.7 Å². The van der Waals surface area contributed by atoms with Gasteiger partial charge in [0.15, 0.2) is 5.84 Å². The van der Waals surface area contributed by atoms with Gasteiger partial charge < -0.3 is 15.8 Å². The molecule has 0 spiro atoms. The van der Waals surface area contributed by atoms with Crippen molar-refractivity contribution in [1.82, 2.24) is 4.90 Å². The summed E-state index contributed by atoms with van der Waals surface area (Å²) < 4.78 is 0. The molecule has 0 heterocycles. The van der Waals surface area contributed by atoms with Crippen molar-refractivity contribution in [3.8, 4) is 0 Å². The summed E-state index contributed by atoms with van der Waals surface area (Å²) in [5.74, 6) is -0.194. The molecule has 1 aromatic rings. The van der Waals surface area contributed by atoms with E-state index < -0.39 is 0 Å². The summed E-state index contributed by atoms with van der Waals surface area (Å²) in [4.78, 5) is 13.2. The lowest BCUT2D eigenvalue weighted by Gasteiger charge is -2.16. The number of amides is 1. The van der Waals surface area contributed by atoms with E-state index in [9.17, 15) is 4.79 Å². The molecule has 7 heteroatoms. The van der Waals surface area contributed by atoms with Crippen LogP contribution in [0, 0.1) is 0 Å². The number of nitrogens with zero attached hydrogens (tertiary/aromatic N) is 2. The number of amidine groups is 1. The maximum Gasteiger partial charge on any atom is 0.227 e. The van der Waals surface area contributed by atoms with Crippen LogP contribution in [0.4, 0.5) is 0 Å². The highest BCUT2D eigenvalue weighted by Gasteiger charge is 2.12. The van der Waals surface area contributed by atoms with Crippen molar-refractivity contribution in [2.24, 2.45) is 10.9 Å². The van der Waals surface area contributed by atoms with Gasteiger partial charge in [0, 0.05) is 7.05 Å². The minimum atomic E-state index is -0.167. The Bertz CT molecular complexity index is 477. The number of likely N-dealkylation sites (N-methyl/N-ethyl adjacent to an activating group) is 1. The minimum Gasteiger partial charge on any atom is -0.409 e. The molecule has 0 aromatic heterocycles. The lowest BCUT2D eigenvalue weighted by Crippen LogP contribution is -2.36. The van der Waals surface area contributed by atoms with Gasteiger partial charge in [0.05, 0.1) is 23.0 Å². The van der Waals surface area contributed by atoms with Crippen LogP contribution in [-0.4, -0.2) is 35.4 Å². The number of hydrogen-bond acceptors (Lipinski definition) is 3. The van der Waals surface area contributed by atoms with Crippen molar-refractivity contribution in [3.05, 3.63) is 33.8 Å². The zero-order chi connectivity index (χ0) is 13.7. The highest BCUT2D eigenvalue weighted by molar-refractivity contribution is 6.42. The first-order valence-corrected chi connectivity index (χ1v) is 5.84. The van der Waals surface area contributed by atoms with Gasteiger partial charge in [-0.3, -0.25) is 4.79 Å². The third kappa shape index (κ3) is 4.09. The van der Waals surface area contributed by atoms with Crippen LogP contribution < -0.4 is 5.73 Å². The number of oxime groups is 1. The maximum absolute atomic E-state index is 11.8. The number of carbonyl (C=O) groups excluding carboxylic acids is 1. The third-order valence-electron chi connectivity index (χ3n) is 2.29. The van der Waals surface area contributed by atoms with E-state index >= 15 is 0 Å². The Morgan fingerprint density at radius 2 is 2.11 bits per heavy atom. The van der Waals surface area contributed by atoms with E-state index in [1.165, 1.54) is 4.90 Å². The first kappa shape index (κ1) is 14.6. The molecule has 0 saturated carbocycles. The molecule has 98 valence electrons. The standard InChI is InChI=1S/C11H13Cl2N3O2/c1-16(6-10(14)15-18)11(17)5-7-2-3-8(12)9(13)4-7/h2-4,18H,5-6H2,1H3,(H2,14,15). The predicted molar refractivity (Wildman–Crippen MR) is 71.2 cm³/mol. The van der Waals surface area contributed by atoms with Crippen LogP contribution in [-0.2, 0) is 11.2 Å². The summed E-state index contributed by atoms with van der Waals surface area (Å²) in [6.07, 6.45) is 0.173. The second-order valence-electron chi connectivity index (χ2n) is 3.77. The number of nitrogens with two attached hydrogens (primary N) is 1. The van der Waals surface area contributed by atoms with E-state index in [0.717, 1.165) is 5.56 Å². The van der Waals surface area contributed by atoms with E-state index in [1.54, 1.807) is 25.2 Å². The Hall–Kier alpha value is -1.46. The van der Waals surface area contributed by atoms with Gasteiger partial charge in [-0.1, -0.05) is 34.4 Å². The molecule has 3 N–H and O–H groups in total. The van der Waals surface area contributed by atoms with Gasteiger partial charge >= 0.3 is 0 Å². The number of benzene rings is 1. The van der Waals surface area contributed by atoms with Gasteiger partial charge in [-0.05, 0) is 17.7 Å². The molecule has 1 rings (SSSR count). The molecule has 0 saturated heterocycles. The Balaban J connectivity index is 2.66. The zero-order valence-electron chi connectivity index (χ0n) is 9.73. The highest BCUT2D eigenvalue weighted by atomic mass is 35.5. The van der Waals surface area contributed by atoms with Crippen LogP contribution in [0.15, 0.2) is 23.4 Å². The largest absolute Gasteiger partial charge is 0.409 e. The first-order valence-electron chi connectivity index (χ1n) is 5.08. The average molecular weight is 290 g/mol. The van der Waals surface area contributed by atoms with Crippen molar-refractivity contribution in [2.45, 2.75) is 6.42 Å². The van der Waals surface area contributed by atoms with Gasteiger partial charge in [-0.15, -0.1) is 0 Å². The van der Waals surface area contributed by atoms with Crippen molar-refractivity contribution < 1.29 is 10.0 Å². The van der Waals surface area contributed by atoms with Gasteiger partial charge in [-0.25, -0.2) is 0 Å². The molecular formula is C11H13Cl2N3O2. The topological polar surface area (TPSA) is 78.9 Å². The van der Waals surface area contributed by atoms with Crippen molar-refractivity contribution >= 4 is 34.9 Å². The van der Waals surface area contributed by atoms with Gasteiger partial charge in [0.1, 0.15) is 0 Å². The van der Waals surface area contributed by atoms with Crippen molar-refractivity contribution in [1.29, 1.82) is 0 Å². The SMILES string of the molecule is CN(CC(N)=NO)C(=O)Cc1ccc(Cl)c(Cl)c1. The number of halogens is 2. The van der Waals surface area contributed by atoms with Crippen LogP contribution in [0.25, 0.3) is 0 Å². The zero-order valence-corrected chi connectivity index (χ0v) is 11.2. The summed E-state index contributed by atoms with van der Waals surface area (Å²) in [7, 11) is 1.57. The average Bonchev–Trinajstić information content (AvgIpc) is 2.33. The van der Waals surface area contributed by atoms with Crippen LogP contribution >= 0.6 is 23.2 Å². The van der Waals surface area contributed by atoms with Crippen molar-refractivity contribution in [3.63, 3.8) is 0 Å². The molecule has 0 aliphatic rings. The van der Waals surface area contributed by atoms with Gasteiger partial charge in [0.2, 0.25) is 5.91 Å². The monoisotopic (exact) mass is 289 g/mol. The molecule has 1 amide bonds. The molecular weight excluding hydrogens is 277 g/mol.